The minimum Gasteiger partial charge on any atom is -0.280 e. The molecule has 29 heavy (non-hydrogen) atoms. The zero-order valence-corrected chi connectivity index (χ0v) is 16.5. The van der Waals surface area contributed by atoms with Crippen LogP contribution in [-0.4, -0.2) is 17.5 Å². The van der Waals surface area contributed by atoms with Crippen LogP contribution in [0.25, 0.3) is 0 Å². The first-order valence-corrected chi connectivity index (χ1v) is 10.4. The van der Waals surface area contributed by atoms with E-state index in [1.165, 1.54) is 22.3 Å². The van der Waals surface area contributed by atoms with E-state index in [-0.39, 0.29) is 5.54 Å². The Morgan fingerprint density at radius 2 is 0.931 bits per heavy atom. The topological polar surface area (TPSA) is 3.01 Å². The highest BCUT2D eigenvalue weighted by atomic mass is 15.4. The number of hydrogen-bond acceptors (Lipinski definition) is 1. The van der Waals surface area contributed by atoms with Gasteiger partial charge in [0.1, 0.15) is 0 Å². The maximum atomic E-state index is 2.67. The highest BCUT2D eigenvalue weighted by molar-refractivity contribution is 5.51. The Morgan fingerprint density at radius 1 is 0.552 bits per heavy atom. The van der Waals surface area contributed by atoms with Gasteiger partial charge in [0.05, 0.1) is 5.54 Å². The molecular weight excluding hydrogens is 350 g/mol. The van der Waals surface area contributed by atoms with Gasteiger partial charge >= 0.3 is 0 Å². The van der Waals surface area contributed by atoms with E-state index < -0.39 is 0 Å². The SMILES string of the molecule is c1ccc(C[C@@H]2CN2C(c2ccccc2)(c2ccccc2)c2ccccc2)cc1. The lowest BCUT2D eigenvalue weighted by Crippen LogP contribution is -2.39. The molecule has 1 aliphatic rings. The first kappa shape index (κ1) is 17.9. The van der Waals surface area contributed by atoms with Crippen molar-refractivity contribution in [3.05, 3.63) is 144 Å². The van der Waals surface area contributed by atoms with Crippen molar-refractivity contribution in [2.45, 2.75) is 18.0 Å². The van der Waals surface area contributed by atoms with Crippen molar-refractivity contribution in [1.29, 1.82) is 0 Å². The van der Waals surface area contributed by atoms with Crippen LogP contribution in [0.4, 0.5) is 0 Å². The highest BCUT2D eigenvalue weighted by Gasteiger charge is 2.52. The van der Waals surface area contributed by atoms with Crippen LogP contribution in [-0.2, 0) is 12.0 Å². The van der Waals surface area contributed by atoms with E-state index in [0.29, 0.717) is 6.04 Å². The molecule has 1 nitrogen and oxygen atoms in total. The smallest absolute Gasteiger partial charge is 0.0976 e. The third-order valence-electron chi connectivity index (χ3n) is 6.03. The Labute approximate surface area is 173 Å². The molecule has 1 unspecified atom stereocenters. The van der Waals surface area contributed by atoms with Gasteiger partial charge in [-0.25, -0.2) is 0 Å². The molecule has 1 fully saturated rings. The standard InChI is InChI=1S/C28H25N/c1-5-13-23(14-6-1)21-27-22-29(27)28(24-15-7-2-8-16-24,25-17-9-3-10-18-25)26-19-11-4-12-20-26/h1-20,27H,21-22H2/t27-,29?/m1/s1. The van der Waals surface area contributed by atoms with Crippen molar-refractivity contribution < 1.29 is 0 Å². The van der Waals surface area contributed by atoms with Crippen LogP contribution >= 0.6 is 0 Å². The minimum absolute atomic E-state index is 0.275. The summed E-state index contributed by atoms with van der Waals surface area (Å²) in [6.45, 7) is 1.09. The van der Waals surface area contributed by atoms with E-state index in [0.717, 1.165) is 13.0 Å². The minimum atomic E-state index is -0.275. The molecular formula is C28H25N. The summed E-state index contributed by atoms with van der Waals surface area (Å²) < 4.78 is 0. The molecule has 4 aromatic rings. The van der Waals surface area contributed by atoms with Gasteiger partial charge in [0.25, 0.3) is 0 Å². The fourth-order valence-electron chi connectivity index (χ4n) is 4.69. The molecule has 0 spiro atoms. The average Bonchev–Trinajstić information content (AvgIpc) is 3.56. The zero-order chi connectivity index (χ0) is 19.5. The Kier molecular flexibility index (Phi) is 4.75. The molecule has 2 atom stereocenters. The Hall–Kier alpha value is -3.16. The van der Waals surface area contributed by atoms with Crippen molar-refractivity contribution >= 4 is 0 Å². The molecule has 0 saturated carbocycles. The summed E-state index contributed by atoms with van der Waals surface area (Å²) in [6, 6.07) is 44.3. The van der Waals surface area contributed by atoms with Gasteiger partial charge in [0, 0.05) is 12.6 Å². The van der Waals surface area contributed by atoms with E-state index in [9.17, 15) is 0 Å². The van der Waals surface area contributed by atoms with Crippen molar-refractivity contribution in [1.82, 2.24) is 4.90 Å². The van der Waals surface area contributed by atoms with Crippen LogP contribution in [0.2, 0.25) is 0 Å². The van der Waals surface area contributed by atoms with Crippen LogP contribution in [0.15, 0.2) is 121 Å². The van der Waals surface area contributed by atoms with Crippen LogP contribution in [0.3, 0.4) is 0 Å². The zero-order valence-electron chi connectivity index (χ0n) is 16.5. The summed E-state index contributed by atoms with van der Waals surface area (Å²) in [6.07, 6.45) is 1.08. The third kappa shape index (κ3) is 3.28. The summed E-state index contributed by atoms with van der Waals surface area (Å²) in [5, 5.41) is 0. The fourth-order valence-corrected chi connectivity index (χ4v) is 4.69. The maximum Gasteiger partial charge on any atom is 0.0976 e. The Morgan fingerprint density at radius 3 is 1.34 bits per heavy atom. The predicted octanol–water partition coefficient (Wildman–Crippen LogP) is 5.91. The van der Waals surface area contributed by atoms with Crippen LogP contribution in [0.5, 0.6) is 0 Å². The molecule has 1 saturated heterocycles. The molecule has 1 aliphatic heterocycles. The molecule has 0 N–H and O–H groups in total. The second kappa shape index (κ2) is 7.69. The van der Waals surface area contributed by atoms with E-state index in [2.05, 4.69) is 126 Å². The van der Waals surface area contributed by atoms with Crippen molar-refractivity contribution in [3.8, 4) is 0 Å². The predicted molar refractivity (Wildman–Crippen MR) is 120 cm³/mol. The van der Waals surface area contributed by atoms with E-state index >= 15 is 0 Å². The van der Waals surface area contributed by atoms with Gasteiger partial charge in [-0.05, 0) is 28.7 Å². The summed E-state index contributed by atoms with van der Waals surface area (Å²) in [5.74, 6) is 0. The summed E-state index contributed by atoms with van der Waals surface area (Å²) in [7, 11) is 0. The first-order chi connectivity index (χ1) is 14.4. The molecule has 1 heterocycles. The molecule has 0 bridgehead atoms. The van der Waals surface area contributed by atoms with Crippen LogP contribution < -0.4 is 0 Å². The van der Waals surface area contributed by atoms with Crippen molar-refractivity contribution in [2.24, 2.45) is 0 Å². The van der Waals surface area contributed by atoms with Gasteiger partial charge in [-0.1, -0.05) is 121 Å². The van der Waals surface area contributed by atoms with Gasteiger partial charge in [0.2, 0.25) is 0 Å². The Bertz CT molecular complexity index is 946. The summed E-state index contributed by atoms with van der Waals surface area (Å²) in [4.78, 5) is 2.67. The number of benzene rings is 4. The van der Waals surface area contributed by atoms with Crippen LogP contribution in [0.1, 0.15) is 22.3 Å². The molecule has 0 aliphatic carbocycles. The maximum absolute atomic E-state index is 2.67. The first-order valence-electron chi connectivity index (χ1n) is 10.4. The lowest BCUT2D eigenvalue weighted by Gasteiger charge is -2.38. The van der Waals surface area contributed by atoms with Gasteiger partial charge in [0.15, 0.2) is 0 Å². The molecule has 0 aromatic heterocycles. The lowest BCUT2D eigenvalue weighted by molar-refractivity contribution is 0.320. The number of rotatable bonds is 6. The Balaban J connectivity index is 1.65. The monoisotopic (exact) mass is 375 g/mol. The molecule has 0 radical (unpaired) electrons. The van der Waals surface area contributed by atoms with Crippen LogP contribution in [0, 0.1) is 0 Å². The molecule has 1 heteroatoms. The molecule has 4 aromatic carbocycles. The quantitative estimate of drug-likeness (QED) is 0.299. The number of nitrogens with zero attached hydrogens (tertiary/aromatic N) is 1. The average molecular weight is 376 g/mol. The second-order valence-electron chi connectivity index (χ2n) is 7.80. The van der Waals surface area contributed by atoms with E-state index in [1.54, 1.807) is 0 Å². The van der Waals surface area contributed by atoms with Gasteiger partial charge in [-0.15, -0.1) is 0 Å². The molecule has 0 amide bonds. The highest BCUT2D eigenvalue weighted by Crippen LogP contribution is 2.48. The largest absolute Gasteiger partial charge is 0.280 e. The fraction of sp³-hybridized carbons (Fsp3) is 0.143. The molecule has 142 valence electrons. The van der Waals surface area contributed by atoms with Crippen molar-refractivity contribution in [3.63, 3.8) is 0 Å². The summed E-state index contributed by atoms with van der Waals surface area (Å²) >= 11 is 0. The molecule has 5 rings (SSSR count). The summed E-state index contributed by atoms with van der Waals surface area (Å²) in [5.41, 5.74) is 5.11. The van der Waals surface area contributed by atoms with Gasteiger partial charge < -0.3 is 0 Å². The lowest BCUT2D eigenvalue weighted by atomic mass is 9.76. The van der Waals surface area contributed by atoms with Crippen molar-refractivity contribution in [2.75, 3.05) is 6.54 Å². The van der Waals surface area contributed by atoms with E-state index in [1.807, 2.05) is 0 Å². The number of hydrogen-bond donors (Lipinski definition) is 0. The van der Waals surface area contributed by atoms with Gasteiger partial charge in [-0.3, -0.25) is 4.90 Å². The second-order valence-corrected chi connectivity index (χ2v) is 7.80. The van der Waals surface area contributed by atoms with E-state index in [4.69, 9.17) is 0 Å². The normalized spacial score (nSPS) is 18.3. The third-order valence-corrected chi connectivity index (χ3v) is 6.03. The van der Waals surface area contributed by atoms with Gasteiger partial charge in [-0.2, -0.15) is 0 Å².